The van der Waals surface area contributed by atoms with Gasteiger partial charge in [0.05, 0.1) is 5.56 Å². The Bertz CT molecular complexity index is 788. The summed E-state index contributed by atoms with van der Waals surface area (Å²) >= 11 is 9.42. The van der Waals surface area contributed by atoms with Crippen LogP contribution in [0.5, 0.6) is 0 Å². The molecule has 0 fully saturated rings. The molecule has 1 heterocycles. The molecule has 3 aromatic rings. The third-order valence-corrected chi connectivity index (χ3v) is 3.87. The van der Waals surface area contributed by atoms with E-state index >= 15 is 0 Å². The summed E-state index contributed by atoms with van der Waals surface area (Å²) in [5.74, 6) is 1.03. The standard InChI is InChI=1S/C15H11BrClN3O/c16-13-5-4-11(18)8-12(13)15-19-14(20-21-15)7-9-2-1-3-10(17)6-9/h1-6,8H,7,18H2. The molecule has 0 saturated carbocycles. The Morgan fingerprint density at radius 2 is 2.05 bits per heavy atom. The first-order valence-electron chi connectivity index (χ1n) is 6.24. The fourth-order valence-corrected chi connectivity index (χ4v) is 2.60. The molecule has 0 aliphatic heterocycles. The predicted octanol–water partition coefficient (Wildman–Crippen LogP) is 4.33. The lowest BCUT2D eigenvalue weighted by Crippen LogP contribution is -1.91. The highest BCUT2D eigenvalue weighted by Gasteiger charge is 2.12. The number of halogens is 2. The number of nitrogens with zero attached hydrogens (tertiary/aromatic N) is 2. The van der Waals surface area contributed by atoms with E-state index in [0.717, 1.165) is 15.6 Å². The van der Waals surface area contributed by atoms with Gasteiger partial charge in [0.1, 0.15) is 0 Å². The van der Waals surface area contributed by atoms with Crippen molar-refractivity contribution >= 4 is 33.2 Å². The highest BCUT2D eigenvalue weighted by atomic mass is 79.9. The first-order valence-corrected chi connectivity index (χ1v) is 7.41. The normalized spacial score (nSPS) is 10.8. The molecule has 0 saturated heterocycles. The van der Waals surface area contributed by atoms with Crippen molar-refractivity contribution in [2.24, 2.45) is 0 Å². The molecule has 0 bridgehead atoms. The molecule has 0 aliphatic rings. The Balaban J connectivity index is 1.88. The Hall–Kier alpha value is -1.85. The largest absolute Gasteiger partial charge is 0.399 e. The minimum absolute atomic E-state index is 0.436. The highest BCUT2D eigenvalue weighted by Crippen LogP contribution is 2.29. The minimum Gasteiger partial charge on any atom is -0.399 e. The van der Waals surface area contributed by atoms with Gasteiger partial charge in [-0.25, -0.2) is 0 Å². The van der Waals surface area contributed by atoms with Crippen LogP contribution in [-0.4, -0.2) is 10.1 Å². The van der Waals surface area contributed by atoms with Gasteiger partial charge in [-0.3, -0.25) is 0 Å². The van der Waals surface area contributed by atoms with E-state index in [4.69, 9.17) is 21.9 Å². The van der Waals surface area contributed by atoms with Gasteiger partial charge in [-0.15, -0.1) is 0 Å². The summed E-state index contributed by atoms with van der Waals surface area (Å²) in [5.41, 5.74) is 8.23. The highest BCUT2D eigenvalue weighted by molar-refractivity contribution is 9.10. The number of hydrogen-bond donors (Lipinski definition) is 1. The van der Waals surface area contributed by atoms with Crippen molar-refractivity contribution < 1.29 is 4.52 Å². The lowest BCUT2D eigenvalue weighted by atomic mass is 10.1. The van der Waals surface area contributed by atoms with Crippen LogP contribution in [0.4, 0.5) is 5.69 Å². The maximum atomic E-state index is 5.97. The molecular formula is C15H11BrClN3O. The second-order valence-corrected chi connectivity index (χ2v) is 5.85. The fraction of sp³-hybridized carbons (Fsp3) is 0.0667. The van der Waals surface area contributed by atoms with E-state index in [0.29, 0.717) is 28.8 Å². The zero-order valence-electron chi connectivity index (χ0n) is 10.9. The van der Waals surface area contributed by atoms with Crippen LogP contribution in [0, 0.1) is 0 Å². The molecule has 4 nitrogen and oxygen atoms in total. The number of benzene rings is 2. The number of nitrogens with two attached hydrogens (primary N) is 1. The molecule has 0 aliphatic carbocycles. The van der Waals surface area contributed by atoms with E-state index in [1.54, 1.807) is 12.1 Å². The van der Waals surface area contributed by atoms with Crippen molar-refractivity contribution in [3.8, 4) is 11.5 Å². The molecule has 0 unspecified atom stereocenters. The van der Waals surface area contributed by atoms with E-state index < -0.39 is 0 Å². The third-order valence-electron chi connectivity index (χ3n) is 2.94. The van der Waals surface area contributed by atoms with Gasteiger partial charge in [0.25, 0.3) is 5.89 Å². The van der Waals surface area contributed by atoms with Crippen molar-refractivity contribution in [1.82, 2.24) is 10.1 Å². The molecule has 6 heteroatoms. The predicted molar refractivity (Wildman–Crippen MR) is 86.1 cm³/mol. The summed E-state index contributed by atoms with van der Waals surface area (Å²) < 4.78 is 6.17. The maximum Gasteiger partial charge on any atom is 0.259 e. The number of anilines is 1. The molecule has 0 radical (unpaired) electrons. The summed E-state index contributed by atoms with van der Waals surface area (Å²) in [7, 11) is 0. The van der Waals surface area contributed by atoms with E-state index in [2.05, 4.69) is 26.1 Å². The van der Waals surface area contributed by atoms with E-state index in [1.807, 2.05) is 30.3 Å². The van der Waals surface area contributed by atoms with Crippen molar-refractivity contribution in [3.63, 3.8) is 0 Å². The molecule has 0 spiro atoms. The van der Waals surface area contributed by atoms with Crippen LogP contribution in [-0.2, 0) is 6.42 Å². The summed E-state index contributed by atoms with van der Waals surface area (Å²) in [4.78, 5) is 4.40. The van der Waals surface area contributed by atoms with Crippen LogP contribution in [0.25, 0.3) is 11.5 Å². The lowest BCUT2D eigenvalue weighted by molar-refractivity contribution is 0.423. The quantitative estimate of drug-likeness (QED) is 0.703. The van der Waals surface area contributed by atoms with Gasteiger partial charge in [-0.2, -0.15) is 4.98 Å². The number of hydrogen-bond acceptors (Lipinski definition) is 4. The third kappa shape index (κ3) is 3.25. The van der Waals surface area contributed by atoms with Crippen molar-refractivity contribution in [3.05, 3.63) is 63.3 Å². The van der Waals surface area contributed by atoms with E-state index in [9.17, 15) is 0 Å². The molecule has 2 aromatic carbocycles. The Labute approximate surface area is 135 Å². The Morgan fingerprint density at radius 1 is 1.19 bits per heavy atom. The fourth-order valence-electron chi connectivity index (χ4n) is 1.97. The number of aromatic nitrogens is 2. The van der Waals surface area contributed by atoms with Gasteiger partial charge >= 0.3 is 0 Å². The van der Waals surface area contributed by atoms with Gasteiger partial charge in [-0.1, -0.05) is 28.9 Å². The van der Waals surface area contributed by atoms with E-state index in [1.165, 1.54) is 0 Å². The molecule has 3 rings (SSSR count). The molecule has 0 amide bonds. The van der Waals surface area contributed by atoms with Gasteiger partial charge in [-0.05, 0) is 51.8 Å². The zero-order chi connectivity index (χ0) is 14.8. The number of rotatable bonds is 3. The summed E-state index contributed by atoms with van der Waals surface area (Å²) in [5, 5.41) is 4.69. The van der Waals surface area contributed by atoms with Gasteiger partial charge in [0.15, 0.2) is 5.82 Å². The average molecular weight is 365 g/mol. The molecule has 21 heavy (non-hydrogen) atoms. The first-order chi connectivity index (χ1) is 10.1. The second-order valence-electron chi connectivity index (χ2n) is 4.56. The minimum atomic E-state index is 0.436. The molecule has 1 aromatic heterocycles. The zero-order valence-corrected chi connectivity index (χ0v) is 13.2. The monoisotopic (exact) mass is 363 g/mol. The van der Waals surface area contributed by atoms with Crippen LogP contribution in [0.3, 0.4) is 0 Å². The lowest BCUT2D eigenvalue weighted by Gasteiger charge is -2.00. The van der Waals surface area contributed by atoms with Gasteiger partial charge in [0, 0.05) is 21.6 Å². The molecule has 2 N–H and O–H groups in total. The summed E-state index contributed by atoms with van der Waals surface area (Å²) in [6, 6.07) is 13.0. The number of nitrogen functional groups attached to an aromatic ring is 1. The first kappa shape index (κ1) is 14.1. The van der Waals surface area contributed by atoms with Crippen LogP contribution in [0.2, 0.25) is 5.02 Å². The van der Waals surface area contributed by atoms with Gasteiger partial charge in [0.2, 0.25) is 0 Å². The molecule has 0 atom stereocenters. The smallest absolute Gasteiger partial charge is 0.259 e. The summed E-state index contributed by atoms with van der Waals surface area (Å²) in [6.45, 7) is 0. The maximum absolute atomic E-state index is 5.97. The van der Waals surface area contributed by atoms with Crippen molar-refractivity contribution in [2.75, 3.05) is 5.73 Å². The SMILES string of the molecule is Nc1ccc(Br)c(-c2nc(Cc3cccc(Cl)c3)no2)c1. The summed E-state index contributed by atoms with van der Waals surface area (Å²) in [6.07, 6.45) is 0.560. The molecular weight excluding hydrogens is 354 g/mol. The van der Waals surface area contributed by atoms with Crippen LogP contribution in [0.1, 0.15) is 11.4 Å². The van der Waals surface area contributed by atoms with Crippen molar-refractivity contribution in [1.29, 1.82) is 0 Å². The topological polar surface area (TPSA) is 64.9 Å². The second kappa shape index (κ2) is 5.87. The van der Waals surface area contributed by atoms with E-state index in [-0.39, 0.29) is 0 Å². The van der Waals surface area contributed by atoms with Crippen molar-refractivity contribution in [2.45, 2.75) is 6.42 Å². The average Bonchev–Trinajstić information content (AvgIpc) is 2.90. The molecule has 106 valence electrons. The van der Waals surface area contributed by atoms with Crippen LogP contribution < -0.4 is 5.73 Å². The van der Waals surface area contributed by atoms with Crippen LogP contribution in [0.15, 0.2) is 51.5 Å². The Morgan fingerprint density at radius 3 is 2.86 bits per heavy atom. The van der Waals surface area contributed by atoms with Gasteiger partial charge < -0.3 is 10.3 Å². The Kier molecular flexibility index (Phi) is 3.94. The van der Waals surface area contributed by atoms with Crippen LogP contribution >= 0.6 is 27.5 Å².